The van der Waals surface area contributed by atoms with E-state index in [1.807, 2.05) is 18.2 Å². The van der Waals surface area contributed by atoms with Crippen LogP contribution in [0, 0.1) is 0 Å². The van der Waals surface area contributed by atoms with E-state index in [-0.39, 0.29) is 11.2 Å². The fourth-order valence-corrected chi connectivity index (χ4v) is 1.63. The van der Waals surface area contributed by atoms with Crippen LogP contribution in [0.5, 0.6) is 0 Å². The third-order valence-corrected chi connectivity index (χ3v) is 3.27. The molecule has 0 aromatic heterocycles. The first-order chi connectivity index (χ1) is 6.24. The average molecular weight is 202 g/mol. The van der Waals surface area contributed by atoms with E-state index in [1.54, 1.807) is 11.8 Å². The lowest BCUT2D eigenvalue weighted by Crippen LogP contribution is -2.47. The Morgan fingerprint density at radius 2 is 2.00 bits per heavy atom. The highest BCUT2D eigenvalue weighted by molar-refractivity contribution is 7.99. The first-order valence-corrected chi connectivity index (χ1v) is 6.11. The second kappa shape index (κ2) is 5.50. The minimum Gasteiger partial charge on any atom is -0.288 e. The smallest absolute Gasteiger partial charge is 0.247 e. The second-order valence-corrected chi connectivity index (χ2v) is 4.58. The van der Waals surface area contributed by atoms with Gasteiger partial charge in [-0.05, 0) is 26.0 Å². The predicted octanol–water partition coefficient (Wildman–Crippen LogP) is 1.25. The molecule has 1 atom stereocenters. The number of nitrogens with one attached hydrogen (secondary N) is 1. The van der Waals surface area contributed by atoms with Gasteiger partial charge in [0.25, 0.3) is 0 Å². The van der Waals surface area contributed by atoms with E-state index in [0.29, 0.717) is 0 Å². The first-order valence-electron chi connectivity index (χ1n) is 4.82. The van der Waals surface area contributed by atoms with Crippen LogP contribution in [0.2, 0.25) is 0 Å². The molecule has 0 radical (unpaired) electrons. The van der Waals surface area contributed by atoms with Crippen LogP contribution in [-0.2, 0) is 4.79 Å². The molecule has 13 heavy (non-hydrogen) atoms. The summed E-state index contributed by atoms with van der Waals surface area (Å²) in [4.78, 5) is 11.5. The number of hydrogen-bond acceptors (Lipinski definition) is 3. The van der Waals surface area contributed by atoms with Crippen LogP contribution in [0.4, 0.5) is 0 Å². The van der Waals surface area contributed by atoms with Crippen molar-refractivity contribution >= 4 is 17.7 Å². The number of amides is 1. The van der Waals surface area contributed by atoms with Gasteiger partial charge in [0.1, 0.15) is 0 Å². The zero-order valence-corrected chi connectivity index (χ0v) is 9.19. The van der Waals surface area contributed by atoms with E-state index in [4.69, 9.17) is 0 Å². The van der Waals surface area contributed by atoms with Crippen molar-refractivity contribution in [2.24, 2.45) is 0 Å². The summed E-state index contributed by atoms with van der Waals surface area (Å²) in [6.07, 6.45) is 5.66. The van der Waals surface area contributed by atoms with Crippen LogP contribution in [0.1, 0.15) is 26.2 Å². The van der Waals surface area contributed by atoms with Crippen LogP contribution < -0.4 is 5.43 Å². The van der Waals surface area contributed by atoms with Gasteiger partial charge in [-0.1, -0.05) is 6.42 Å². The van der Waals surface area contributed by atoms with Crippen LogP contribution in [0.25, 0.3) is 0 Å². The molecule has 1 N–H and O–H groups in total. The monoisotopic (exact) mass is 202 g/mol. The van der Waals surface area contributed by atoms with E-state index >= 15 is 0 Å². The Kier molecular flexibility index (Phi) is 4.59. The summed E-state index contributed by atoms with van der Waals surface area (Å²) in [7, 11) is 0. The molecule has 1 rings (SSSR count). The molecule has 76 valence electrons. The van der Waals surface area contributed by atoms with Crippen molar-refractivity contribution in [3.8, 4) is 0 Å². The normalized spacial score (nSPS) is 21.1. The van der Waals surface area contributed by atoms with Gasteiger partial charge in [0.2, 0.25) is 5.91 Å². The minimum absolute atomic E-state index is 0.0573. The highest BCUT2D eigenvalue weighted by Gasteiger charge is 2.16. The molecular formula is C9H18N2OS. The molecule has 0 saturated carbocycles. The van der Waals surface area contributed by atoms with Crippen molar-refractivity contribution in [2.75, 3.05) is 19.3 Å². The Hall–Kier alpha value is -0.220. The van der Waals surface area contributed by atoms with Gasteiger partial charge >= 0.3 is 0 Å². The van der Waals surface area contributed by atoms with E-state index in [0.717, 1.165) is 13.1 Å². The van der Waals surface area contributed by atoms with Gasteiger partial charge in [-0.2, -0.15) is 11.8 Å². The summed E-state index contributed by atoms with van der Waals surface area (Å²) in [5, 5.41) is 2.10. The Morgan fingerprint density at radius 1 is 1.38 bits per heavy atom. The molecular weight excluding hydrogens is 184 g/mol. The van der Waals surface area contributed by atoms with Crippen LogP contribution >= 0.6 is 11.8 Å². The number of hydrogen-bond donors (Lipinski definition) is 1. The molecule has 1 aliphatic rings. The highest BCUT2D eigenvalue weighted by Crippen LogP contribution is 2.08. The summed E-state index contributed by atoms with van der Waals surface area (Å²) >= 11 is 1.58. The molecule has 1 aliphatic heterocycles. The first kappa shape index (κ1) is 10.9. The molecule has 1 unspecified atom stereocenters. The van der Waals surface area contributed by atoms with E-state index < -0.39 is 0 Å². The van der Waals surface area contributed by atoms with Gasteiger partial charge < -0.3 is 0 Å². The summed E-state index contributed by atoms with van der Waals surface area (Å²) in [5.41, 5.74) is 2.94. The van der Waals surface area contributed by atoms with Gasteiger partial charge in [-0.15, -0.1) is 0 Å². The zero-order chi connectivity index (χ0) is 9.68. The molecule has 0 aromatic rings. The molecule has 0 spiro atoms. The Bertz CT molecular complexity index is 169. The van der Waals surface area contributed by atoms with Crippen molar-refractivity contribution in [3.05, 3.63) is 0 Å². The Balaban J connectivity index is 2.26. The molecule has 0 aromatic carbocycles. The van der Waals surface area contributed by atoms with Gasteiger partial charge in [0, 0.05) is 13.1 Å². The van der Waals surface area contributed by atoms with E-state index in [9.17, 15) is 4.79 Å². The lowest BCUT2D eigenvalue weighted by atomic mass is 10.2. The van der Waals surface area contributed by atoms with Crippen LogP contribution in [0.15, 0.2) is 0 Å². The predicted molar refractivity (Wildman–Crippen MR) is 56.5 cm³/mol. The summed E-state index contributed by atoms with van der Waals surface area (Å²) in [6, 6.07) is 0. The van der Waals surface area contributed by atoms with E-state index in [2.05, 4.69) is 5.43 Å². The summed E-state index contributed by atoms with van der Waals surface area (Å²) in [5.74, 6) is 0.134. The number of rotatable bonds is 3. The van der Waals surface area contributed by atoms with Crippen molar-refractivity contribution in [3.63, 3.8) is 0 Å². The molecule has 1 fully saturated rings. The van der Waals surface area contributed by atoms with Gasteiger partial charge in [-0.3, -0.25) is 10.2 Å². The summed E-state index contributed by atoms with van der Waals surface area (Å²) < 4.78 is 0. The molecule has 1 heterocycles. The van der Waals surface area contributed by atoms with Crippen LogP contribution in [0.3, 0.4) is 0 Å². The van der Waals surface area contributed by atoms with Gasteiger partial charge in [0.15, 0.2) is 0 Å². The lowest BCUT2D eigenvalue weighted by Gasteiger charge is -2.27. The number of hydrazine groups is 1. The molecule has 1 saturated heterocycles. The average Bonchev–Trinajstić information content (AvgIpc) is 2.18. The minimum atomic E-state index is 0.0573. The molecule has 3 nitrogen and oxygen atoms in total. The number of thioether (sulfide) groups is 1. The standard InChI is InChI=1S/C9H18N2OS/c1-8(13-2)9(12)10-11-6-4-3-5-7-11/h8H,3-7H2,1-2H3,(H,10,12). The van der Waals surface area contributed by atoms with Gasteiger partial charge in [0.05, 0.1) is 5.25 Å². The SMILES string of the molecule is CSC(C)C(=O)NN1CCCCC1. The number of nitrogens with zero attached hydrogens (tertiary/aromatic N) is 1. The molecule has 0 bridgehead atoms. The Morgan fingerprint density at radius 3 is 2.54 bits per heavy atom. The quantitative estimate of drug-likeness (QED) is 0.747. The second-order valence-electron chi connectivity index (χ2n) is 3.40. The maximum atomic E-state index is 11.5. The van der Waals surface area contributed by atoms with Gasteiger partial charge in [-0.25, -0.2) is 5.01 Å². The van der Waals surface area contributed by atoms with E-state index in [1.165, 1.54) is 19.3 Å². The third kappa shape index (κ3) is 3.56. The zero-order valence-electron chi connectivity index (χ0n) is 8.38. The van der Waals surface area contributed by atoms with Crippen molar-refractivity contribution in [1.82, 2.24) is 10.4 Å². The summed E-state index contributed by atoms with van der Waals surface area (Å²) in [6.45, 7) is 3.95. The highest BCUT2D eigenvalue weighted by atomic mass is 32.2. The van der Waals surface area contributed by atoms with Crippen molar-refractivity contribution < 1.29 is 4.79 Å². The molecule has 0 aliphatic carbocycles. The maximum Gasteiger partial charge on any atom is 0.247 e. The number of piperidine rings is 1. The lowest BCUT2D eigenvalue weighted by molar-refractivity contribution is -0.125. The van der Waals surface area contributed by atoms with Crippen LogP contribution in [-0.4, -0.2) is 35.5 Å². The number of carbonyl (C=O) groups excluding carboxylic acids is 1. The maximum absolute atomic E-state index is 11.5. The topological polar surface area (TPSA) is 32.3 Å². The molecule has 4 heteroatoms. The van der Waals surface area contributed by atoms with Crippen molar-refractivity contribution in [2.45, 2.75) is 31.4 Å². The largest absolute Gasteiger partial charge is 0.288 e. The fraction of sp³-hybridized carbons (Fsp3) is 0.889. The third-order valence-electron chi connectivity index (χ3n) is 2.35. The molecule has 1 amide bonds. The number of carbonyl (C=O) groups is 1. The fourth-order valence-electron chi connectivity index (χ4n) is 1.36. The Labute approximate surface area is 84.2 Å². The van der Waals surface area contributed by atoms with Crippen molar-refractivity contribution in [1.29, 1.82) is 0 Å².